The Morgan fingerprint density at radius 2 is 1.88 bits per heavy atom. The van der Waals surface area contributed by atoms with E-state index in [2.05, 4.69) is 5.32 Å². The van der Waals surface area contributed by atoms with Crippen LogP contribution in [0.4, 0.5) is 11.4 Å². The summed E-state index contributed by atoms with van der Waals surface area (Å²) in [6.07, 6.45) is 0.150. The van der Waals surface area contributed by atoms with Gasteiger partial charge in [-0.05, 0) is 42.3 Å². The highest BCUT2D eigenvalue weighted by Gasteiger charge is 2.35. The molecule has 1 aliphatic heterocycles. The maximum atomic E-state index is 12.4. The van der Waals surface area contributed by atoms with E-state index in [1.807, 2.05) is 31.2 Å². The maximum Gasteiger partial charge on any atom is 0.229 e. The second-order valence-electron chi connectivity index (χ2n) is 6.10. The van der Waals surface area contributed by atoms with Gasteiger partial charge >= 0.3 is 0 Å². The number of aryl methyl sites for hydroxylation is 1. The summed E-state index contributed by atoms with van der Waals surface area (Å²) < 4.78 is 0. The van der Waals surface area contributed by atoms with Gasteiger partial charge in [0.2, 0.25) is 11.8 Å². The lowest BCUT2D eigenvalue weighted by molar-refractivity contribution is -0.255. The van der Waals surface area contributed by atoms with Crippen LogP contribution in [0.3, 0.4) is 0 Å². The molecule has 6 nitrogen and oxygen atoms in total. The molecule has 1 heterocycles. The average Bonchev–Trinajstić information content (AvgIpc) is 2.97. The van der Waals surface area contributed by atoms with E-state index in [1.165, 1.54) is 24.3 Å². The van der Waals surface area contributed by atoms with Crippen molar-refractivity contribution in [3.05, 3.63) is 59.7 Å². The van der Waals surface area contributed by atoms with Crippen LogP contribution < -0.4 is 15.3 Å². The Morgan fingerprint density at radius 1 is 1.16 bits per heavy atom. The molecular formula is C19H17N2O4-. The average molecular weight is 337 g/mol. The van der Waals surface area contributed by atoms with Crippen LogP contribution in [0.2, 0.25) is 0 Å². The molecule has 1 saturated heterocycles. The van der Waals surface area contributed by atoms with Gasteiger partial charge in [0.05, 0.1) is 11.9 Å². The highest BCUT2D eigenvalue weighted by atomic mass is 16.4. The Labute approximate surface area is 145 Å². The van der Waals surface area contributed by atoms with Gasteiger partial charge in [0, 0.05) is 24.3 Å². The normalized spacial score (nSPS) is 16.8. The van der Waals surface area contributed by atoms with Gasteiger partial charge in [-0.1, -0.05) is 24.3 Å². The number of carboxylic acid groups (broad SMARTS) is 1. The van der Waals surface area contributed by atoms with E-state index >= 15 is 0 Å². The predicted molar refractivity (Wildman–Crippen MR) is 91.0 cm³/mol. The van der Waals surface area contributed by atoms with Crippen LogP contribution in [0.15, 0.2) is 48.5 Å². The number of hydrogen-bond donors (Lipinski definition) is 1. The fourth-order valence-corrected chi connectivity index (χ4v) is 2.86. The molecule has 0 saturated carbocycles. The van der Waals surface area contributed by atoms with Crippen LogP contribution in [-0.4, -0.2) is 24.3 Å². The Bertz CT molecular complexity index is 830. The molecule has 1 fully saturated rings. The Balaban J connectivity index is 1.67. The first-order valence-corrected chi connectivity index (χ1v) is 7.93. The molecule has 2 amide bonds. The zero-order valence-electron chi connectivity index (χ0n) is 13.7. The fourth-order valence-electron chi connectivity index (χ4n) is 2.86. The molecule has 2 aromatic carbocycles. The van der Waals surface area contributed by atoms with E-state index in [1.54, 1.807) is 4.90 Å². The highest BCUT2D eigenvalue weighted by molar-refractivity contribution is 6.03. The summed E-state index contributed by atoms with van der Waals surface area (Å²) in [6.45, 7) is 2.27. The lowest BCUT2D eigenvalue weighted by Gasteiger charge is -2.17. The molecule has 0 aliphatic carbocycles. The van der Waals surface area contributed by atoms with E-state index in [0.29, 0.717) is 12.2 Å². The first-order chi connectivity index (χ1) is 11.9. The van der Waals surface area contributed by atoms with E-state index in [-0.39, 0.29) is 23.8 Å². The molecule has 2 aromatic rings. The summed E-state index contributed by atoms with van der Waals surface area (Å²) in [6, 6.07) is 13.3. The summed E-state index contributed by atoms with van der Waals surface area (Å²) in [5.41, 5.74) is 2.36. The number of benzene rings is 2. The van der Waals surface area contributed by atoms with Crippen molar-refractivity contribution < 1.29 is 19.5 Å². The minimum Gasteiger partial charge on any atom is -0.545 e. The minimum absolute atomic E-state index is 0.0414. The third-order valence-electron chi connectivity index (χ3n) is 4.20. The van der Waals surface area contributed by atoms with Gasteiger partial charge in [-0.15, -0.1) is 0 Å². The second kappa shape index (κ2) is 6.76. The molecule has 1 atom stereocenters. The number of carbonyl (C=O) groups is 3. The van der Waals surface area contributed by atoms with E-state index in [4.69, 9.17) is 0 Å². The van der Waals surface area contributed by atoms with Gasteiger partial charge in [0.25, 0.3) is 0 Å². The first kappa shape index (κ1) is 16.7. The Kier molecular flexibility index (Phi) is 4.52. The van der Waals surface area contributed by atoms with Crippen LogP contribution in [0.1, 0.15) is 22.3 Å². The molecular weight excluding hydrogens is 320 g/mol. The number of carboxylic acids is 1. The lowest BCUT2D eigenvalue weighted by atomic mass is 10.1. The molecule has 0 unspecified atom stereocenters. The van der Waals surface area contributed by atoms with Crippen molar-refractivity contribution in [3.63, 3.8) is 0 Å². The molecule has 3 rings (SSSR count). The highest BCUT2D eigenvalue weighted by Crippen LogP contribution is 2.26. The Morgan fingerprint density at radius 3 is 2.52 bits per heavy atom. The van der Waals surface area contributed by atoms with Crippen LogP contribution >= 0.6 is 0 Å². The summed E-state index contributed by atoms with van der Waals surface area (Å²) in [4.78, 5) is 37.0. The van der Waals surface area contributed by atoms with Gasteiger partial charge in [-0.2, -0.15) is 0 Å². The minimum atomic E-state index is -1.27. The summed E-state index contributed by atoms with van der Waals surface area (Å²) >= 11 is 0. The number of hydrogen-bond acceptors (Lipinski definition) is 4. The molecule has 0 bridgehead atoms. The van der Waals surface area contributed by atoms with Gasteiger partial charge < -0.3 is 20.1 Å². The topological polar surface area (TPSA) is 89.5 Å². The van der Waals surface area contributed by atoms with Crippen molar-refractivity contribution in [1.82, 2.24) is 0 Å². The van der Waals surface area contributed by atoms with Gasteiger partial charge in [-0.25, -0.2) is 0 Å². The third kappa shape index (κ3) is 3.68. The van der Waals surface area contributed by atoms with E-state index in [9.17, 15) is 19.5 Å². The van der Waals surface area contributed by atoms with Crippen molar-refractivity contribution in [2.75, 3.05) is 16.8 Å². The van der Waals surface area contributed by atoms with Crippen molar-refractivity contribution in [1.29, 1.82) is 0 Å². The standard InChI is InChI=1S/C19H18N2O4/c1-12-3-2-4-16(9-12)21-11-14(10-17(21)22)18(23)20-15-7-5-13(6-8-15)19(24)25/h2-9,14H,10-11H2,1H3,(H,20,23)(H,24,25)/p-1/t14-/m0/s1. The Hall–Kier alpha value is -3.15. The quantitative estimate of drug-likeness (QED) is 0.912. The molecule has 0 radical (unpaired) electrons. The predicted octanol–water partition coefficient (Wildman–Crippen LogP) is 1.35. The van der Waals surface area contributed by atoms with Crippen molar-refractivity contribution >= 4 is 29.2 Å². The number of amides is 2. The SMILES string of the molecule is Cc1cccc(N2C[C@@H](C(=O)Nc3ccc(C(=O)[O-])cc3)CC2=O)c1. The summed E-state index contributed by atoms with van der Waals surface area (Å²) in [7, 11) is 0. The largest absolute Gasteiger partial charge is 0.545 e. The molecule has 25 heavy (non-hydrogen) atoms. The molecule has 1 aliphatic rings. The summed E-state index contributed by atoms with van der Waals surface area (Å²) in [5.74, 6) is -2.07. The van der Waals surface area contributed by atoms with E-state index in [0.717, 1.165) is 11.3 Å². The zero-order valence-corrected chi connectivity index (χ0v) is 13.7. The smallest absolute Gasteiger partial charge is 0.229 e. The number of nitrogens with zero attached hydrogens (tertiary/aromatic N) is 1. The first-order valence-electron chi connectivity index (χ1n) is 7.93. The van der Waals surface area contributed by atoms with E-state index < -0.39 is 11.9 Å². The van der Waals surface area contributed by atoms with Gasteiger partial charge in [-0.3, -0.25) is 9.59 Å². The van der Waals surface area contributed by atoms with Crippen LogP contribution in [-0.2, 0) is 9.59 Å². The monoisotopic (exact) mass is 337 g/mol. The third-order valence-corrected chi connectivity index (χ3v) is 4.20. The molecule has 1 N–H and O–H groups in total. The molecule has 128 valence electrons. The van der Waals surface area contributed by atoms with Crippen molar-refractivity contribution in [2.45, 2.75) is 13.3 Å². The van der Waals surface area contributed by atoms with Crippen LogP contribution in [0.25, 0.3) is 0 Å². The maximum absolute atomic E-state index is 12.4. The molecule has 0 spiro atoms. The van der Waals surface area contributed by atoms with Crippen molar-refractivity contribution in [2.24, 2.45) is 5.92 Å². The number of carbonyl (C=O) groups excluding carboxylic acids is 3. The lowest BCUT2D eigenvalue weighted by Crippen LogP contribution is -2.28. The van der Waals surface area contributed by atoms with Crippen LogP contribution in [0, 0.1) is 12.8 Å². The van der Waals surface area contributed by atoms with Gasteiger partial charge in [0.1, 0.15) is 0 Å². The van der Waals surface area contributed by atoms with Gasteiger partial charge in [0.15, 0.2) is 0 Å². The summed E-state index contributed by atoms with van der Waals surface area (Å²) in [5, 5.41) is 13.5. The number of rotatable bonds is 4. The number of nitrogens with one attached hydrogen (secondary N) is 1. The molecule has 0 aromatic heterocycles. The number of aromatic carboxylic acids is 1. The van der Waals surface area contributed by atoms with Crippen LogP contribution in [0.5, 0.6) is 0 Å². The zero-order chi connectivity index (χ0) is 18.0. The van der Waals surface area contributed by atoms with Crippen molar-refractivity contribution in [3.8, 4) is 0 Å². The second-order valence-corrected chi connectivity index (χ2v) is 6.10. The molecule has 6 heteroatoms. The fraction of sp³-hybridized carbons (Fsp3) is 0.211. The number of anilines is 2.